The van der Waals surface area contributed by atoms with E-state index >= 15 is 0 Å². The van der Waals surface area contributed by atoms with Crippen molar-refractivity contribution in [3.05, 3.63) is 0 Å². The Morgan fingerprint density at radius 1 is 1.13 bits per heavy atom. The van der Waals surface area contributed by atoms with Crippen LogP contribution < -0.4 is 5.32 Å². The molecule has 1 aliphatic rings. The third kappa shape index (κ3) is 4.98. The highest BCUT2D eigenvalue weighted by Gasteiger charge is 2.18. The molecular weight excluding hydrogens is 186 g/mol. The van der Waals surface area contributed by atoms with Gasteiger partial charge in [0.05, 0.1) is 6.10 Å². The molecule has 1 fully saturated rings. The number of methoxy groups -OCH3 is 1. The molecule has 90 valence electrons. The lowest BCUT2D eigenvalue weighted by Gasteiger charge is -2.25. The van der Waals surface area contributed by atoms with Gasteiger partial charge in [-0.15, -0.1) is 0 Å². The van der Waals surface area contributed by atoms with E-state index in [2.05, 4.69) is 19.2 Å². The van der Waals surface area contributed by atoms with Crippen molar-refractivity contribution in [3.63, 3.8) is 0 Å². The zero-order chi connectivity index (χ0) is 11.1. The van der Waals surface area contributed by atoms with Crippen molar-refractivity contribution in [2.75, 3.05) is 13.7 Å². The lowest BCUT2D eigenvalue weighted by atomic mass is 9.93. The molecular formula is C13H27NO. The van der Waals surface area contributed by atoms with Crippen molar-refractivity contribution in [1.29, 1.82) is 0 Å². The fourth-order valence-corrected chi connectivity index (χ4v) is 2.41. The van der Waals surface area contributed by atoms with Gasteiger partial charge in [-0.1, -0.05) is 25.7 Å². The Bertz CT molecular complexity index is 153. The van der Waals surface area contributed by atoms with Gasteiger partial charge in [-0.05, 0) is 32.6 Å². The molecule has 0 aromatic carbocycles. The summed E-state index contributed by atoms with van der Waals surface area (Å²) in [5, 5.41) is 3.61. The van der Waals surface area contributed by atoms with Gasteiger partial charge in [0.2, 0.25) is 0 Å². The zero-order valence-corrected chi connectivity index (χ0v) is 10.6. The lowest BCUT2D eigenvalue weighted by Crippen LogP contribution is -2.38. The van der Waals surface area contributed by atoms with Crippen LogP contribution in [0.5, 0.6) is 0 Å². The van der Waals surface area contributed by atoms with Crippen LogP contribution in [-0.4, -0.2) is 25.8 Å². The first kappa shape index (κ1) is 13.0. The van der Waals surface area contributed by atoms with Gasteiger partial charge in [0.25, 0.3) is 0 Å². The molecule has 1 saturated carbocycles. The molecule has 1 N–H and O–H groups in total. The maximum atomic E-state index is 5.25. The number of nitrogens with one attached hydrogen (secondary N) is 1. The van der Waals surface area contributed by atoms with Crippen LogP contribution in [0.1, 0.15) is 52.4 Å². The molecule has 1 rings (SSSR count). The molecule has 0 heterocycles. The van der Waals surface area contributed by atoms with Gasteiger partial charge in [-0.2, -0.15) is 0 Å². The smallest absolute Gasteiger partial charge is 0.0667 e. The summed E-state index contributed by atoms with van der Waals surface area (Å²) in [5.41, 5.74) is 0. The third-order valence-electron chi connectivity index (χ3n) is 3.74. The van der Waals surface area contributed by atoms with Crippen LogP contribution >= 0.6 is 0 Å². The van der Waals surface area contributed by atoms with E-state index in [1.54, 1.807) is 7.11 Å². The molecule has 2 nitrogen and oxygen atoms in total. The molecule has 0 spiro atoms. The van der Waals surface area contributed by atoms with Crippen molar-refractivity contribution < 1.29 is 4.74 Å². The fraction of sp³-hybridized carbons (Fsp3) is 1.00. The van der Waals surface area contributed by atoms with Crippen molar-refractivity contribution in [3.8, 4) is 0 Å². The largest absolute Gasteiger partial charge is 0.380 e. The van der Waals surface area contributed by atoms with E-state index in [0.717, 1.165) is 12.5 Å². The van der Waals surface area contributed by atoms with E-state index in [0.29, 0.717) is 12.1 Å². The quantitative estimate of drug-likeness (QED) is 0.709. The van der Waals surface area contributed by atoms with Crippen LogP contribution in [0.4, 0.5) is 0 Å². The van der Waals surface area contributed by atoms with Crippen LogP contribution in [0.25, 0.3) is 0 Å². The van der Waals surface area contributed by atoms with Crippen LogP contribution in [0.2, 0.25) is 0 Å². The van der Waals surface area contributed by atoms with Gasteiger partial charge in [0.1, 0.15) is 0 Å². The summed E-state index contributed by atoms with van der Waals surface area (Å²) in [4.78, 5) is 0. The Kier molecular flexibility index (Phi) is 6.26. The van der Waals surface area contributed by atoms with Crippen LogP contribution in [-0.2, 0) is 4.74 Å². The van der Waals surface area contributed by atoms with Gasteiger partial charge >= 0.3 is 0 Å². The van der Waals surface area contributed by atoms with E-state index in [1.807, 2.05) is 0 Å². The first-order chi connectivity index (χ1) is 7.24. The standard InChI is InChI=1S/C13H27NO/c1-11(15-3)10-14-12(2)13-8-6-4-5-7-9-13/h11-14H,4-10H2,1-3H3/t11?,12-/m1/s1. The van der Waals surface area contributed by atoms with Crippen molar-refractivity contribution in [2.45, 2.75) is 64.5 Å². The highest BCUT2D eigenvalue weighted by atomic mass is 16.5. The van der Waals surface area contributed by atoms with Gasteiger partial charge in [-0.25, -0.2) is 0 Å². The number of rotatable bonds is 5. The number of hydrogen-bond acceptors (Lipinski definition) is 2. The molecule has 0 radical (unpaired) electrons. The maximum Gasteiger partial charge on any atom is 0.0667 e. The molecule has 0 amide bonds. The fourth-order valence-electron chi connectivity index (χ4n) is 2.41. The van der Waals surface area contributed by atoms with Gasteiger partial charge < -0.3 is 10.1 Å². The third-order valence-corrected chi connectivity index (χ3v) is 3.74. The molecule has 1 unspecified atom stereocenters. The zero-order valence-electron chi connectivity index (χ0n) is 10.6. The van der Waals surface area contributed by atoms with E-state index in [-0.39, 0.29) is 0 Å². The van der Waals surface area contributed by atoms with E-state index in [1.165, 1.54) is 38.5 Å². The Morgan fingerprint density at radius 2 is 1.73 bits per heavy atom. The monoisotopic (exact) mass is 213 g/mol. The average Bonchev–Trinajstić information content (AvgIpc) is 2.53. The average molecular weight is 213 g/mol. The van der Waals surface area contributed by atoms with E-state index < -0.39 is 0 Å². The number of ether oxygens (including phenoxy) is 1. The van der Waals surface area contributed by atoms with Gasteiger partial charge in [-0.3, -0.25) is 0 Å². The topological polar surface area (TPSA) is 21.3 Å². The summed E-state index contributed by atoms with van der Waals surface area (Å²) in [5.74, 6) is 0.886. The Morgan fingerprint density at radius 3 is 2.27 bits per heavy atom. The normalized spacial score (nSPS) is 23.4. The SMILES string of the molecule is COC(C)CN[C@H](C)C1CCCCCC1. The molecule has 2 heteroatoms. The predicted octanol–water partition coefficient (Wildman–Crippen LogP) is 2.97. The lowest BCUT2D eigenvalue weighted by molar-refractivity contribution is 0.111. The minimum absolute atomic E-state index is 0.332. The summed E-state index contributed by atoms with van der Waals surface area (Å²) in [6.07, 6.45) is 8.89. The first-order valence-corrected chi connectivity index (χ1v) is 6.50. The second kappa shape index (κ2) is 7.24. The van der Waals surface area contributed by atoms with E-state index in [4.69, 9.17) is 4.74 Å². The molecule has 0 saturated heterocycles. The Hall–Kier alpha value is -0.0800. The highest BCUT2D eigenvalue weighted by Crippen LogP contribution is 2.25. The van der Waals surface area contributed by atoms with Gasteiger partial charge in [0.15, 0.2) is 0 Å². The molecule has 0 aliphatic heterocycles. The Labute approximate surface area is 94.8 Å². The summed E-state index contributed by atoms with van der Waals surface area (Å²) in [7, 11) is 1.78. The summed E-state index contributed by atoms with van der Waals surface area (Å²) >= 11 is 0. The maximum absolute atomic E-state index is 5.25. The number of hydrogen-bond donors (Lipinski definition) is 1. The molecule has 0 aromatic heterocycles. The second-order valence-electron chi connectivity index (χ2n) is 4.99. The summed E-state index contributed by atoms with van der Waals surface area (Å²) < 4.78 is 5.25. The highest BCUT2D eigenvalue weighted by molar-refractivity contribution is 4.75. The van der Waals surface area contributed by atoms with Crippen LogP contribution in [0, 0.1) is 5.92 Å². The molecule has 1 aliphatic carbocycles. The molecule has 0 bridgehead atoms. The molecule has 2 atom stereocenters. The van der Waals surface area contributed by atoms with Crippen molar-refractivity contribution >= 4 is 0 Å². The van der Waals surface area contributed by atoms with Crippen molar-refractivity contribution in [1.82, 2.24) is 5.32 Å². The van der Waals surface area contributed by atoms with Crippen LogP contribution in [0.15, 0.2) is 0 Å². The van der Waals surface area contributed by atoms with Crippen molar-refractivity contribution in [2.24, 2.45) is 5.92 Å². The minimum atomic E-state index is 0.332. The minimum Gasteiger partial charge on any atom is -0.380 e. The predicted molar refractivity (Wildman–Crippen MR) is 65.1 cm³/mol. The molecule has 15 heavy (non-hydrogen) atoms. The second-order valence-corrected chi connectivity index (χ2v) is 4.99. The summed E-state index contributed by atoms with van der Waals surface area (Å²) in [6.45, 7) is 5.43. The summed E-state index contributed by atoms with van der Waals surface area (Å²) in [6, 6.07) is 0.653. The molecule has 0 aromatic rings. The first-order valence-electron chi connectivity index (χ1n) is 6.50. The Balaban J connectivity index is 2.22. The van der Waals surface area contributed by atoms with E-state index in [9.17, 15) is 0 Å². The van der Waals surface area contributed by atoms with Gasteiger partial charge in [0, 0.05) is 19.7 Å². The van der Waals surface area contributed by atoms with Crippen LogP contribution in [0.3, 0.4) is 0 Å².